The van der Waals surface area contributed by atoms with Gasteiger partial charge >= 0.3 is 0 Å². The number of carbonyl (C=O) groups is 1. The number of nitrogens with zero attached hydrogens (tertiary/aromatic N) is 3. The van der Waals surface area contributed by atoms with Crippen molar-refractivity contribution in [2.24, 2.45) is 0 Å². The number of nitrogens with one attached hydrogen (secondary N) is 1. The average Bonchev–Trinajstić information content (AvgIpc) is 3.19. The van der Waals surface area contributed by atoms with Crippen molar-refractivity contribution in [3.63, 3.8) is 0 Å². The average molecular weight is 435 g/mol. The van der Waals surface area contributed by atoms with Gasteiger partial charge in [-0.3, -0.25) is 14.4 Å². The van der Waals surface area contributed by atoms with Gasteiger partial charge in [0, 0.05) is 36.6 Å². The largest absolute Gasteiger partial charge is 0.497 e. The summed E-state index contributed by atoms with van der Waals surface area (Å²) in [6, 6.07) is 16.9. The summed E-state index contributed by atoms with van der Waals surface area (Å²) in [5, 5.41) is 8.78. The maximum Gasteiger partial charge on any atom is 0.272 e. The maximum atomic E-state index is 13.2. The molecule has 2 atom stereocenters. The molecule has 1 amide bonds. The standard InChI is InChI=1S/C25H30N4O3/c1-3-29-23-7-5-4-6-22(23)24(27-29)25(30)26-18-12-19-15-32-16-20(13-18)28(19)14-17-8-10-21(31-2)11-9-17/h4-11,18-20H,3,12-16H2,1-2H3,(H,26,30). The van der Waals surface area contributed by atoms with Gasteiger partial charge in [0.25, 0.3) is 5.91 Å². The van der Waals surface area contributed by atoms with Crippen molar-refractivity contribution in [3.05, 3.63) is 59.8 Å². The lowest BCUT2D eigenvalue weighted by atomic mass is 9.89. The summed E-state index contributed by atoms with van der Waals surface area (Å²) in [6.45, 7) is 5.06. The van der Waals surface area contributed by atoms with E-state index in [0.717, 1.165) is 42.6 Å². The fraction of sp³-hybridized carbons (Fsp3) is 0.440. The summed E-state index contributed by atoms with van der Waals surface area (Å²) in [4.78, 5) is 15.7. The van der Waals surface area contributed by atoms with E-state index in [4.69, 9.17) is 9.47 Å². The number of rotatable bonds is 6. The Balaban J connectivity index is 1.28. The Morgan fingerprint density at radius 1 is 1.12 bits per heavy atom. The summed E-state index contributed by atoms with van der Waals surface area (Å²) in [6.07, 6.45) is 1.76. The third kappa shape index (κ3) is 3.98. The molecule has 0 radical (unpaired) electrons. The Morgan fingerprint density at radius 2 is 1.84 bits per heavy atom. The van der Waals surface area contributed by atoms with Crippen molar-refractivity contribution in [3.8, 4) is 5.75 Å². The minimum atomic E-state index is -0.0824. The Hall–Kier alpha value is -2.90. The molecule has 32 heavy (non-hydrogen) atoms. The highest BCUT2D eigenvalue weighted by Crippen LogP contribution is 2.30. The number of aromatic nitrogens is 2. The normalized spacial score (nSPS) is 23.2. The van der Waals surface area contributed by atoms with Gasteiger partial charge in [0.15, 0.2) is 5.69 Å². The number of aryl methyl sites for hydroxylation is 1. The van der Waals surface area contributed by atoms with Gasteiger partial charge in [0.05, 0.1) is 25.8 Å². The van der Waals surface area contributed by atoms with E-state index in [-0.39, 0.29) is 11.9 Å². The number of morpholine rings is 1. The molecule has 2 unspecified atom stereocenters. The van der Waals surface area contributed by atoms with Crippen LogP contribution in [0.3, 0.4) is 0 Å². The molecule has 7 heteroatoms. The summed E-state index contributed by atoms with van der Waals surface area (Å²) in [5.74, 6) is 0.790. The third-order valence-electron chi connectivity index (χ3n) is 6.70. The first-order chi connectivity index (χ1) is 15.7. The number of methoxy groups -OCH3 is 1. The number of carbonyl (C=O) groups excluding carboxylic acids is 1. The van der Waals surface area contributed by atoms with Crippen molar-refractivity contribution in [1.82, 2.24) is 20.0 Å². The summed E-state index contributed by atoms with van der Waals surface area (Å²) >= 11 is 0. The second-order valence-electron chi connectivity index (χ2n) is 8.69. The first-order valence-corrected chi connectivity index (χ1v) is 11.4. The van der Waals surface area contributed by atoms with Crippen LogP contribution in [0.4, 0.5) is 0 Å². The molecule has 3 aromatic rings. The summed E-state index contributed by atoms with van der Waals surface area (Å²) in [7, 11) is 1.69. The highest BCUT2D eigenvalue weighted by Gasteiger charge is 2.39. The molecule has 3 heterocycles. The van der Waals surface area contributed by atoms with Gasteiger partial charge < -0.3 is 14.8 Å². The molecule has 0 spiro atoms. The molecule has 1 N–H and O–H groups in total. The molecule has 2 fully saturated rings. The van der Waals surface area contributed by atoms with Gasteiger partial charge in [0.2, 0.25) is 0 Å². The van der Waals surface area contributed by atoms with Gasteiger partial charge in [-0.2, -0.15) is 5.10 Å². The SMILES string of the molecule is CCn1nc(C(=O)NC2CC3COCC(C2)N3Cc2ccc(OC)cc2)c2ccccc21. The minimum absolute atomic E-state index is 0.0824. The van der Waals surface area contributed by atoms with Crippen LogP contribution in [0.2, 0.25) is 0 Å². The molecule has 7 nitrogen and oxygen atoms in total. The predicted molar refractivity (Wildman–Crippen MR) is 123 cm³/mol. The van der Waals surface area contributed by atoms with Crippen LogP contribution in [0.15, 0.2) is 48.5 Å². The monoisotopic (exact) mass is 434 g/mol. The Morgan fingerprint density at radius 3 is 2.53 bits per heavy atom. The lowest BCUT2D eigenvalue weighted by Gasteiger charge is -2.48. The number of amides is 1. The topological polar surface area (TPSA) is 68.6 Å². The first-order valence-electron chi connectivity index (χ1n) is 11.4. The summed E-state index contributed by atoms with van der Waals surface area (Å²) in [5.41, 5.74) is 2.78. The highest BCUT2D eigenvalue weighted by molar-refractivity contribution is 6.05. The number of benzene rings is 2. The van der Waals surface area contributed by atoms with E-state index < -0.39 is 0 Å². The lowest BCUT2D eigenvalue weighted by Crippen LogP contribution is -2.60. The fourth-order valence-corrected chi connectivity index (χ4v) is 5.10. The molecule has 5 rings (SSSR count). The molecule has 2 aliphatic rings. The number of hydrogen-bond donors (Lipinski definition) is 1. The van der Waals surface area contributed by atoms with Gasteiger partial charge in [-0.05, 0) is 43.5 Å². The van der Waals surface area contributed by atoms with Crippen molar-refractivity contribution < 1.29 is 14.3 Å². The molecule has 0 saturated carbocycles. The van der Waals surface area contributed by atoms with Crippen LogP contribution in [-0.4, -0.2) is 59.0 Å². The van der Waals surface area contributed by atoms with Crippen LogP contribution in [0.25, 0.3) is 10.9 Å². The van der Waals surface area contributed by atoms with Crippen LogP contribution >= 0.6 is 0 Å². The Labute approximate surface area is 188 Å². The molecule has 168 valence electrons. The van der Waals surface area contributed by atoms with Crippen molar-refractivity contribution >= 4 is 16.8 Å². The van der Waals surface area contributed by atoms with E-state index in [9.17, 15) is 4.79 Å². The molecule has 2 bridgehead atoms. The van der Waals surface area contributed by atoms with Crippen molar-refractivity contribution in [2.75, 3.05) is 20.3 Å². The lowest BCUT2D eigenvalue weighted by molar-refractivity contribution is -0.0843. The van der Waals surface area contributed by atoms with E-state index in [0.29, 0.717) is 31.0 Å². The van der Waals surface area contributed by atoms with Crippen LogP contribution in [0.1, 0.15) is 35.8 Å². The van der Waals surface area contributed by atoms with E-state index >= 15 is 0 Å². The fourth-order valence-electron chi connectivity index (χ4n) is 5.10. The van der Waals surface area contributed by atoms with Crippen LogP contribution in [0, 0.1) is 0 Å². The molecule has 2 aliphatic heterocycles. The van der Waals surface area contributed by atoms with Crippen LogP contribution in [0.5, 0.6) is 5.75 Å². The second kappa shape index (κ2) is 8.92. The van der Waals surface area contributed by atoms with Crippen molar-refractivity contribution in [2.45, 2.75) is 51.0 Å². The Bertz CT molecular complexity index is 1080. The van der Waals surface area contributed by atoms with Crippen LogP contribution in [-0.2, 0) is 17.8 Å². The van der Waals surface area contributed by atoms with E-state index in [1.165, 1.54) is 5.56 Å². The van der Waals surface area contributed by atoms with E-state index in [1.807, 2.05) is 48.0 Å². The van der Waals surface area contributed by atoms with Crippen molar-refractivity contribution in [1.29, 1.82) is 0 Å². The van der Waals surface area contributed by atoms with Gasteiger partial charge in [0.1, 0.15) is 5.75 Å². The first kappa shape index (κ1) is 21.0. The van der Waals surface area contributed by atoms with Gasteiger partial charge in [-0.1, -0.05) is 30.3 Å². The molecular weight excluding hydrogens is 404 g/mol. The number of hydrogen-bond acceptors (Lipinski definition) is 5. The number of piperidine rings is 1. The molecule has 2 aromatic carbocycles. The van der Waals surface area contributed by atoms with Crippen LogP contribution < -0.4 is 10.1 Å². The Kier molecular flexibility index (Phi) is 5.85. The molecular formula is C25H30N4O3. The highest BCUT2D eigenvalue weighted by atomic mass is 16.5. The zero-order valence-corrected chi connectivity index (χ0v) is 18.7. The number of para-hydroxylation sites is 1. The van der Waals surface area contributed by atoms with Gasteiger partial charge in [-0.25, -0.2) is 0 Å². The zero-order valence-electron chi connectivity index (χ0n) is 18.7. The summed E-state index contributed by atoms with van der Waals surface area (Å²) < 4.78 is 13.0. The molecule has 2 saturated heterocycles. The maximum absolute atomic E-state index is 13.2. The van der Waals surface area contributed by atoms with Gasteiger partial charge in [-0.15, -0.1) is 0 Å². The van der Waals surface area contributed by atoms with E-state index in [2.05, 4.69) is 27.4 Å². The zero-order chi connectivity index (χ0) is 22.1. The quantitative estimate of drug-likeness (QED) is 0.645. The smallest absolute Gasteiger partial charge is 0.272 e. The van der Waals surface area contributed by atoms with E-state index in [1.54, 1.807) is 7.11 Å². The number of fused-ring (bicyclic) bond motifs is 3. The minimum Gasteiger partial charge on any atom is -0.497 e. The second-order valence-corrected chi connectivity index (χ2v) is 8.69. The number of ether oxygens (including phenoxy) is 2. The third-order valence-corrected chi connectivity index (χ3v) is 6.70. The molecule has 1 aromatic heterocycles. The molecule has 0 aliphatic carbocycles. The predicted octanol–water partition coefficient (Wildman–Crippen LogP) is 3.23.